The largest absolute Gasteiger partial charge is 0.322 e. The molecule has 1 fully saturated rings. The van der Waals surface area contributed by atoms with Gasteiger partial charge in [-0.2, -0.15) is 5.10 Å². The Balaban J connectivity index is 1.38. The van der Waals surface area contributed by atoms with Gasteiger partial charge in [0, 0.05) is 46.5 Å². The molecule has 0 bridgehead atoms. The van der Waals surface area contributed by atoms with Gasteiger partial charge in [-0.25, -0.2) is 8.42 Å². The normalized spacial score (nSPS) is 13.5. The topological polar surface area (TPSA) is 104 Å². The number of carbonyl (C=O) groups is 1. The first-order valence-electron chi connectivity index (χ1n) is 10.1. The van der Waals surface area contributed by atoms with Crippen molar-refractivity contribution in [3.05, 3.63) is 70.4 Å². The zero-order chi connectivity index (χ0) is 21.8. The first-order valence-corrected chi connectivity index (χ1v) is 11.8. The van der Waals surface area contributed by atoms with Gasteiger partial charge in [-0.15, -0.1) is 0 Å². The molecule has 3 aromatic rings. The van der Waals surface area contributed by atoms with E-state index in [0.29, 0.717) is 35.3 Å². The Morgan fingerprint density at radius 3 is 2.61 bits per heavy atom. The molecule has 7 nitrogen and oxygen atoms in total. The van der Waals surface area contributed by atoms with Gasteiger partial charge in [0.15, 0.2) is 0 Å². The molecule has 0 aliphatic heterocycles. The summed E-state index contributed by atoms with van der Waals surface area (Å²) >= 11 is 6.20. The maximum absolute atomic E-state index is 12.7. The molecule has 2 aromatic carbocycles. The zero-order valence-corrected chi connectivity index (χ0v) is 18.4. The summed E-state index contributed by atoms with van der Waals surface area (Å²) in [7, 11) is -2.42. The molecular weight excluding hydrogens is 436 g/mol. The van der Waals surface area contributed by atoms with E-state index in [1.807, 2.05) is 24.3 Å². The molecule has 1 saturated carbocycles. The molecule has 4 rings (SSSR count). The molecule has 3 N–H and O–H groups in total. The SMILES string of the molecule is O=C(Nc1ccc(-c2cc(C3CC3)[nH]n2)cc1)c1ccc(Cl)c(CNCC[SH](=O)=O)c1. The van der Waals surface area contributed by atoms with E-state index in [4.69, 9.17) is 11.6 Å². The van der Waals surface area contributed by atoms with Crippen LogP contribution in [0.5, 0.6) is 0 Å². The Hall–Kier alpha value is -2.68. The van der Waals surface area contributed by atoms with E-state index in [0.717, 1.165) is 16.8 Å². The van der Waals surface area contributed by atoms with Crippen LogP contribution in [0.15, 0.2) is 48.5 Å². The minimum atomic E-state index is -2.42. The minimum Gasteiger partial charge on any atom is -0.322 e. The smallest absolute Gasteiger partial charge is 0.255 e. The quantitative estimate of drug-likeness (QED) is 0.290. The number of carbonyl (C=O) groups excluding carboxylic acids is 1. The standard InChI is InChI=1S/C22H23ClN4O3S/c23-19-8-5-16(11-17(19)13-24-9-10-31(29)30)22(28)25-18-6-3-15(4-7-18)21-12-20(26-27-21)14-1-2-14/h3-8,11-12,14,24,31H,1-2,9-10,13H2,(H,25,28)(H,26,27). The van der Waals surface area contributed by atoms with Crippen molar-refractivity contribution >= 4 is 33.9 Å². The van der Waals surface area contributed by atoms with Crippen LogP contribution in [0.4, 0.5) is 5.69 Å². The predicted molar refractivity (Wildman–Crippen MR) is 122 cm³/mol. The van der Waals surface area contributed by atoms with E-state index < -0.39 is 10.7 Å². The van der Waals surface area contributed by atoms with Crippen LogP contribution in [0.2, 0.25) is 5.02 Å². The summed E-state index contributed by atoms with van der Waals surface area (Å²) in [6.07, 6.45) is 2.44. The molecule has 1 heterocycles. The molecule has 1 aromatic heterocycles. The fraction of sp³-hybridized carbons (Fsp3) is 0.273. The van der Waals surface area contributed by atoms with Crippen LogP contribution in [0, 0.1) is 0 Å². The molecule has 1 aliphatic rings. The van der Waals surface area contributed by atoms with Crippen LogP contribution in [0.1, 0.15) is 40.4 Å². The number of amides is 1. The average Bonchev–Trinajstić information content (AvgIpc) is 3.49. The van der Waals surface area contributed by atoms with Crippen molar-refractivity contribution in [2.45, 2.75) is 25.3 Å². The van der Waals surface area contributed by atoms with E-state index in [-0.39, 0.29) is 11.7 Å². The van der Waals surface area contributed by atoms with Crippen molar-refractivity contribution in [1.82, 2.24) is 15.5 Å². The number of anilines is 1. The molecular formula is C22H23ClN4O3S. The molecule has 0 saturated heterocycles. The molecule has 0 radical (unpaired) electrons. The van der Waals surface area contributed by atoms with Gasteiger partial charge in [-0.1, -0.05) is 23.7 Å². The first kappa shape index (κ1) is 21.5. The second-order valence-electron chi connectivity index (χ2n) is 7.55. The van der Waals surface area contributed by atoms with Crippen LogP contribution in [0.3, 0.4) is 0 Å². The van der Waals surface area contributed by atoms with E-state index in [1.165, 1.54) is 18.5 Å². The van der Waals surface area contributed by atoms with E-state index >= 15 is 0 Å². The lowest BCUT2D eigenvalue weighted by Gasteiger charge is -2.10. The van der Waals surface area contributed by atoms with Gasteiger partial charge in [-0.05, 0) is 54.8 Å². The number of halogens is 1. The van der Waals surface area contributed by atoms with E-state index in [9.17, 15) is 13.2 Å². The first-order chi connectivity index (χ1) is 15.0. The van der Waals surface area contributed by atoms with Crippen molar-refractivity contribution in [3.8, 4) is 11.3 Å². The van der Waals surface area contributed by atoms with Gasteiger partial charge in [0.1, 0.15) is 10.7 Å². The van der Waals surface area contributed by atoms with Crippen molar-refractivity contribution in [1.29, 1.82) is 0 Å². The number of rotatable bonds is 9. The number of benzene rings is 2. The Kier molecular flexibility index (Phi) is 6.70. The second-order valence-corrected chi connectivity index (χ2v) is 9.07. The van der Waals surface area contributed by atoms with Crippen molar-refractivity contribution in [2.24, 2.45) is 0 Å². The Labute approximate surface area is 187 Å². The molecule has 1 amide bonds. The van der Waals surface area contributed by atoms with Crippen LogP contribution in [-0.2, 0) is 17.2 Å². The number of aromatic nitrogens is 2. The lowest BCUT2D eigenvalue weighted by atomic mass is 10.1. The molecule has 0 unspecified atom stereocenters. The molecule has 31 heavy (non-hydrogen) atoms. The molecule has 1 aliphatic carbocycles. The fourth-order valence-corrected chi connectivity index (χ4v) is 3.79. The molecule has 9 heteroatoms. The summed E-state index contributed by atoms with van der Waals surface area (Å²) in [5, 5.41) is 13.9. The third-order valence-corrected chi connectivity index (χ3v) is 6.11. The maximum Gasteiger partial charge on any atom is 0.255 e. The third kappa shape index (κ3) is 5.72. The maximum atomic E-state index is 12.7. The van der Waals surface area contributed by atoms with Gasteiger partial charge < -0.3 is 10.6 Å². The van der Waals surface area contributed by atoms with Crippen LogP contribution >= 0.6 is 11.6 Å². The summed E-state index contributed by atoms with van der Waals surface area (Å²) in [6, 6.07) is 14.7. The highest BCUT2D eigenvalue weighted by atomic mass is 35.5. The summed E-state index contributed by atoms with van der Waals surface area (Å²) in [5.74, 6) is 0.433. The minimum absolute atomic E-state index is 0.0588. The van der Waals surface area contributed by atoms with Gasteiger partial charge in [0.05, 0.1) is 11.4 Å². The number of nitrogens with zero attached hydrogens (tertiary/aromatic N) is 1. The zero-order valence-electron chi connectivity index (χ0n) is 16.7. The van der Waals surface area contributed by atoms with Crippen molar-refractivity contribution in [2.75, 3.05) is 17.6 Å². The second kappa shape index (κ2) is 9.64. The highest BCUT2D eigenvalue weighted by molar-refractivity contribution is 7.72. The number of nitrogens with one attached hydrogen (secondary N) is 3. The molecule has 162 valence electrons. The summed E-state index contributed by atoms with van der Waals surface area (Å²) < 4.78 is 21.3. The van der Waals surface area contributed by atoms with Gasteiger partial charge >= 0.3 is 0 Å². The monoisotopic (exact) mass is 458 g/mol. The number of hydrogen-bond acceptors (Lipinski definition) is 5. The number of hydrogen-bond donors (Lipinski definition) is 4. The highest BCUT2D eigenvalue weighted by Crippen LogP contribution is 2.40. The van der Waals surface area contributed by atoms with Gasteiger partial charge in [0.25, 0.3) is 5.91 Å². The third-order valence-electron chi connectivity index (χ3n) is 5.15. The number of aromatic amines is 1. The lowest BCUT2D eigenvalue weighted by Crippen LogP contribution is -2.19. The van der Waals surface area contributed by atoms with Gasteiger partial charge in [-0.3, -0.25) is 9.89 Å². The van der Waals surface area contributed by atoms with E-state index in [1.54, 1.807) is 18.2 Å². The molecule has 0 spiro atoms. The molecule has 0 atom stereocenters. The van der Waals surface area contributed by atoms with Crippen LogP contribution in [-0.4, -0.2) is 36.8 Å². The summed E-state index contributed by atoms with van der Waals surface area (Å²) in [6.45, 7) is 0.709. The van der Waals surface area contributed by atoms with Crippen LogP contribution in [0.25, 0.3) is 11.3 Å². The number of thiol groups is 1. The van der Waals surface area contributed by atoms with Gasteiger partial charge in [0.2, 0.25) is 0 Å². The lowest BCUT2D eigenvalue weighted by molar-refractivity contribution is 0.102. The Morgan fingerprint density at radius 2 is 1.90 bits per heavy atom. The Morgan fingerprint density at radius 1 is 1.13 bits per heavy atom. The van der Waals surface area contributed by atoms with Crippen LogP contribution < -0.4 is 10.6 Å². The highest BCUT2D eigenvalue weighted by Gasteiger charge is 2.25. The summed E-state index contributed by atoms with van der Waals surface area (Å²) in [4.78, 5) is 12.7. The average molecular weight is 459 g/mol. The number of H-pyrrole nitrogens is 1. The van der Waals surface area contributed by atoms with Crippen molar-refractivity contribution in [3.63, 3.8) is 0 Å². The summed E-state index contributed by atoms with van der Waals surface area (Å²) in [5.41, 5.74) is 4.96. The fourth-order valence-electron chi connectivity index (χ4n) is 3.26. The van der Waals surface area contributed by atoms with Crippen molar-refractivity contribution < 1.29 is 13.2 Å². The predicted octanol–water partition coefficient (Wildman–Crippen LogP) is 3.56. The Bertz CT molecular complexity index is 1150. The van der Waals surface area contributed by atoms with E-state index in [2.05, 4.69) is 26.9 Å².